The van der Waals surface area contributed by atoms with E-state index in [1.54, 1.807) is 47.9 Å². The normalized spacial score (nSPS) is 15.7. The van der Waals surface area contributed by atoms with Gasteiger partial charge in [-0.15, -0.1) is 11.3 Å². The highest BCUT2D eigenvalue weighted by molar-refractivity contribution is 7.14. The zero-order valence-corrected chi connectivity index (χ0v) is 17.7. The highest BCUT2D eigenvalue weighted by Crippen LogP contribution is 2.30. The molecule has 0 bridgehead atoms. The lowest BCUT2D eigenvalue weighted by atomic mass is 10.1. The Kier molecular flexibility index (Phi) is 5.72. The third-order valence-electron chi connectivity index (χ3n) is 4.98. The van der Waals surface area contributed by atoms with Crippen LogP contribution in [0.5, 0.6) is 5.75 Å². The second-order valence-corrected chi connectivity index (χ2v) is 7.79. The molecular formula is C21H20N4O5S. The second kappa shape index (κ2) is 8.60. The Hall–Kier alpha value is -3.66. The number of aromatic amines is 1. The summed E-state index contributed by atoms with van der Waals surface area (Å²) in [5.74, 6) is -0.681. The van der Waals surface area contributed by atoms with Gasteiger partial charge in [-0.1, -0.05) is 6.07 Å². The summed E-state index contributed by atoms with van der Waals surface area (Å²) in [5.41, 5.74) is 2.34. The summed E-state index contributed by atoms with van der Waals surface area (Å²) >= 11 is 1.27. The molecule has 2 aromatic heterocycles. The quantitative estimate of drug-likeness (QED) is 0.570. The summed E-state index contributed by atoms with van der Waals surface area (Å²) in [6, 6.07) is 8.82. The molecule has 160 valence electrons. The first-order chi connectivity index (χ1) is 15.0. The zero-order chi connectivity index (χ0) is 22.0. The molecule has 1 aromatic carbocycles. The molecule has 0 aliphatic carbocycles. The Bertz CT molecular complexity index is 1140. The number of carbonyl (C=O) groups is 3. The van der Waals surface area contributed by atoms with Gasteiger partial charge in [-0.2, -0.15) is 0 Å². The maximum absolute atomic E-state index is 12.7. The third kappa shape index (κ3) is 4.29. The van der Waals surface area contributed by atoms with Crippen molar-refractivity contribution in [2.45, 2.75) is 6.42 Å². The van der Waals surface area contributed by atoms with Gasteiger partial charge in [-0.3, -0.25) is 9.59 Å². The van der Waals surface area contributed by atoms with E-state index in [-0.39, 0.29) is 24.8 Å². The number of H-pyrrole nitrogens is 1. The average Bonchev–Trinajstić information content (AvgIpc) is 3.52. The van der Waals surface area contributed by atoms with Gasteiger partial charge in [0.05, 0.1) is 25.8 Å². The van der Waals surface area contributed by atoms with Gasteiger partial charge in [-0.25, -0.2) is 9.78 Å². The molecule has 0 saturated carbocycles. The molecule has 4 rings (SSSR count). The Labute approximate surface area is 182 Å². The lowest BCUT2D eigenvalue weighted by Crippen LogP contribution is -2.28. The average molecular weight is 440 g/mol. The lowest BCUT2D eigenvalue weighted by molar-refractivity contribution is -0.122. The van der Waals surface area contributed by atoms with E-state index in [0.29, 0.717) is 33.5 Å². The molecule has 9 nitrogen and oxygen atoms in total. The number of hydrogen-bond donors (Lipinski definition) is 2. The van der Waals surface area contributed by atoms with E-state index in [2.05, 4.69) is 20.0 Å². The van der Waals surface area contributed by atoms with Gasteiger partial charge < -0.3 is 24.7 Å². The summed E-state index contributed by atoms with van der Waals surface area (Å²) in [6.07, 6.45) is 1.77. The van der Waals surface area contributed by atoms with Crippen LogP contribution in [0.15, 0.2) is 41.9 Å². The van der Waals surface area contributed by atoms with Crippen LogP contribution in [0.25, 0.3) is 11.3 Å². The van der Waals surface area contributed by atoms with E-state index < -0.39 is 11.9 Å². The van der Waals surface area contributed by atoms with Crippen molar-refractivity contribution in [1.29, 1.82) is 0 Å². The lowest BCUT2D eigenvalue weighted by Gasteiger charge is -2.17. The molecule has 0 radical (unpaired) electrons. The van der Waals surface area contributed by atoms with Crippen molar-refractivity contribution < 1.29 is 23.9 Å². The molecule has 0 spiro atoms. The van der Waals surface area contributed by atoms with Crippen LogP contribution in [0.1, 0.15) is 16.9 Å². The van der Waals surface area contributed by atoms with Crippen molar-refractivity contribution in [3.63, 3.8) is 0 Å². The fraction of sp³-hybridized carbons (Fsp3) is 0.238. The number of hydrogen-bond acceptors (Lipinski definition) is 7. The van der Waals surface area contributed by atoms with Gasteiger partial charge >= 0.3 is 5.97 Å². The number of esters is 1. The van der Waals surface area contributed by atoms with Gasteiger partial charge in [0.15, 0.2) is 5.13 Å². The largest absolute Gasteiger partial charge is 0.497 e. The number of methoxy groups -OCH3 is 2. The SMILES string of the molecule is COC(=O)c1cc(-c2csc(NC(=O)C3CC(=O)N(c4cccc(OC)c4)C3)n2)c[nH]1. The predicted octanol–water partition coefficient (Wildman–Crippen LogP) is 2.93. The number of anilines is 2. The number of aromatic nitrogens is 2. The van der Waals surface area contributed by atoms with Crippen LogP contribution in [0.2, 0.25) is 0 Å². The first-order valence-electron chi connectivity index (χ1n) is 9.46. The van der Waals surface area contributed by atoms with Crippen LogP contribution in [0.4, 0.5) is 10.8 Å². The van der Waals surface area contributed by atoms with Crippen molar-refractivity contribution >= 4 is 39.9 Å². The third-order valence-corrected chi connectivity index (χ3v) is 5.74. The first kappa shape index (κ1) is 20.6. The first-order valence-corrected chi connectivity index (χ1v) is 10.3. The molecule has 3 heterocycles. The molecular weight excluding hydrogens is 420 g/mol. The molecule has 3 aromatic rings. The van der Waals surface area contributed by atoms with Crippen molar-refractivity contribution in [3.8, 4) is 17.0 Å². The van der Waals surface area contributed by atoms with Gasteiger partial charge in [-0.05, 0) is 18.2 Å². The number of thiazole rings is 1. The predicted molar refractivity (Wildman–Crippen MR) is 115 cm³/mol. The highest BCUT2D eigenvalue weighted by Gasteiger charge is 2.35. The Morgan fingerprint density at radius 1 is 1.29 bits per heavy atom. The molecule has 2 N–H and O–H groups in total. The van der Waals surface area contributed by atoms with Gasteiger partial charge in [0.1, 0.15) is 11.4 Å². The van der Waals surface area contributed by atoms with Crippen LogP contribution in [0, 0.1) is 5.92 Å². The number of amides is 2. The maximum Gasteiger partial charge on any atom is 0.354 e. The van der Waals surface area contributed by atoms with Gasteiger partial charge in [0.2, 0.25) is 11.8 Å². The summed E-state index contributed by atoms with van der Waals surface area (Å²) in [5, 5.41) is 5.00. The minimum Gasteiger partial charge on any atom is -0.497 e. The van der Waals surface area contributed by atoms with Crippen molar-refractivity contribution in [1.82, 2.24) is 9.97 Å². The van der Waals surface area contributed by atoms with E-state index in [1.807, 2.05) is 6.07 Å². The van der Waals surface area contributed by atoms with Crippen LogP contribution < -0.4 is 15.0 Å². The topological polar surface area (TPSA) is 114 Å². The standard InChI is InChI=1S/C21H20N4O5S/c1-29-15-5-3-4-14(8-15)25-10-13(7-18(25)26)19(27)24-21-23-17(11-31-21)12-6-16(22-9-12)20(28)30-2/h3-6,8-9,11,13,22H,7,10H2,1-2H3,(H,23,24,27). The number of carbonyl (C=O) groups excluding carboxylic acids is 3. The van der Waals surface area contributed by atoms with E-state index in [0.717, 1.165) is 0 Å². The minimum atomic E-state index is -0.482. The molecule has 1 atom stereocenters. The smallest absolute Gasteiger partial charge is 0.354 e. The molecule has 2 amide bonds. The van der Waals surface area contributed by atoms with E-state index in [1.165, 1.54) is 18.4 Å². The maximum atomic E-state index is 12.7. The summed E-state index contributed by atoms with van der Waals surface area (Å²) in [4.78, 5) is 45.6. The van der Waals surface area contributed by atoms with Crippen molar-refractivity contribution in [2.24, 2.45) is 5.92 Å². The Morgan fingerprint density at radius 3 is 2.90 bits per heavy atom. The van der Waals surface area contributed by atoms with Gasteiger partial charge in [0, 0.05) is 41.9 Å². The summed E-state index contributed by atoms with van der Waals surface area (Å²) in [6.45, 7) is 0.288. The minimum absolute atomic E-state index is 0.115. The van der Waals surface area contributed by atoms with Crippen molar-refractivity contribution in [2.75, 3.05) is 31.0 Å². The van der Waals surface area contributed by atoms with Crippen LogP contribution in [-0.4, -0.2) is 48.5 Å². The summed E-state index contributed by atoms with van der Waals surface area (Å²) in [7, 11) is 2.87. The van der Waals surface area contributed by atoms with E-state index in [4.69, 9.17) is 4.74 Å². The van der Waals surface area contributed by atoms with E-state index in [9.17, 15) is 14.4 Å². The fourth-order valence-corrected chi connectivity index (χ4v) is 4.07. The van der Waals surface area contributed by atoms with Crippen LogP contribution in [0.3, 0.4) is 0 Å². The molecule has 1 aliphatic heterocycles. The second-order valence-electron chi connectivity index (χ2n) is 6.93. The highest BCUT2D eigenvalue weighted by atomic mass is 32.1. The monoisotopic (exact) mass is 440 g/mol. The Morgan fingerprint density at radius 2 is 2.13 bits per heavy atom. The summed E-state index contributed by atoms with van der Waals surface area (Å²) < 4.78 is 9.89. The fourth-order valence-electron chi connectivity index (χ4n) is 3.35. The molecule has 1 saturated heterocycles. The van der Waals surface area contributed by atoms with E-state index >= 15 is 0 Å². The molecule has 1 fully saturated rings. The molecule has 1 aliphatic rings. The van der Waals surface area contributed by atoms with Crippen LogP contribution >= 0.6 is 11.3 Å². The number of benzene rings is 1. The van der Waals surface area contributed by atoms with Crippen LogP contribution in [-0.2, 0) is 14.3 Å². The molecule has 1 unspecified atom stereocenters. The van der Waals surface area contributed by atoms with Crippen molar-refractivity contribution in [3.05, 3.63) is 47.6 Å². The molecule has 10 heteroatoms. The molecule has 31 heavy (non-hydrogen) atoms. The number of nitrogens with one attached hydrogen (secondary N) is 2. The number of rotatable bonds is 6. The van der Waals surface area contributed by atoms with Gasteiger partial charge in [0.25, 0.3) is 0 Å². The number of ether oxygens (including phenoxy) is 2. The zero-order valence-electron chi connectivity index (χ0n) is 16.9. The Balaban J connectivity index is 1.41. The number of nitrogens with zero attached hydrogens (tertiary/aromatic N) is 2.